The van der Waals surface area contributed by atoms with Crippen LogP contribution in [0.5, 0.6) is 0 Å². The summed E-state index contributed by atoms with van der Waals surface area (Å²) >= 11 is 0. The highest BCUT2D eigenvalue weighted by Crippen LogP contribution is 2.29. The van der Waals surface area contributed by atoms with E-state index in [1.54, 1.807) is 0 Å². The Morgan fingerprint density at radius 3 is 2.55 bits per heavy atom. The number of aliphatic hydroxyl groups excluding tert-OH is 1. The van der Waals surface area contributed by atoms with Crippen molar-refractivity contribution in [2.75, 3.05) is 14.1 Å². The summed E-state index contributed by atoms with van der Waals surface area (Å²) in [7, 11) is 2.87. The van der Waals surface area contributed by atoms with Gasteiger partial charge in [-0.1, -0.05) is 30.3 Å². The van der Waals surface area contributed by atoms with Gasteiger partial charge in [0.1, 0.15) is 0 Å². The molecule has 0 aromatic heterocycles. The molecule has 7 heteroatoms. The number of nitrogens with zero attached hydrogens (tertiary/aromatic N) is 2. The van der Waals surface area contributed by atoms with Crippen LogP contribution in [-0.4, -0.2) is 47.2 Å². The predicted octanol–water partition coefficient (Wildman–Crippen LogP) is 0.322. The summed E-state index contributed by atoms with van der Waals surface area (Å²) in [6.07, 6.45) is -0.701. The van der Waals surface area contributed by atoms with Gasteiger partial charge in [0.25, 0.3) is 5.91 Å². The summed E-state index contributed by atoms with van der Waals surface area (Å²) in [5.74, 6) is -0.478. The monoisotopic (exact) mass is 302 g/mol. The molecule has 1 aromatic carbocycles. The third kappa shape index (κ3) is 2.24. The molecule has 22 heavy (non-hydrogen) atoms. The third-order valence-corrected chi connectivity index (χ3v) is 4.08. The lowest BCUT2D eigenvalue weighted by molar-refractivity contribution is -0.129. The van der Waals surface area contributed by atoms with Crippen LogP contribution in [0.4, 0.5) is 4.79 Å². The molecule has 0 bridgehead atoms. The number of carbonyl (C=O) groups is 2. The molecular weight excluding hydrogens is 284 g/mol. The quantitative estimate of drug-likeness (QED) is 0.651. The number of hydrogen-bond donors (Lipinski definition) is 3. The Hall–Kier alpha value is -2.38. The van der Waals surface area contributed by atoms with Gasteiger partial charge >= 0.3 is 6.03 Å². The number of imide groups is 1. The van der Waals surface area contributed by atoms with E-state index in [-0.39, 0.29) is 11.6 Å². The molecule has 2 aliphatic heterocycles. The SMILES string of the molecule is CN1C(=O)/C(=C2\CC(c3ccccc3)NN2)C(O)N(C)C1=O. The van der Waals surface area contributed by atoms with Gasteiger partial charge in [0.05, 0.1) is 11.6 Å². The van der Waals surface area contributed by atoms with Gasteiger partial charge in [-0.05, 0) is 5.56 Å². The van der Waals surface area contributed by atoms with Crippen molar-refractivity contribution in [3.63, 3.8) is 0 Å². The van der Waals surface area contributed by atoms with E-state index in [2.05, 4.69) is 10.9 Å². The topological polar surface area (TPSA) is 84.9 Å². The van der Waals surface area contributed by atoms with Crippen molar-refractivity contribution in [2.24, 2.45) is 0 Å². The summed E-state index contributed by atoms with van der Waals surface area (Å²) in [4.78, 5) is 26.3. The number of rotatable bonds is 1. The fraction of sp³-hybridized carbons (Fsp3) is 0.333. The molecule has 0 aliphatic carbocycles. The number of hydrazine groups is 1. The minimum atomic E-state index is -1.24. The van der Waals surface area contributed by atoms with Crippen LogP contribution < -0.4 is 10.9 Å². The number of benzene rings is 1. The average molecular weight is 302 g/mol. The van der Waals surface area contributed by atoms with Gasteiger partial charge in [0.2, 0.25) is 0 Å². The van der Waals surface area contributed by atoms with E-state index in [1.807, 2.05) is 30.3 Å². The molecule has 116 valence electrons. The Morgan fingerprint density at radius 1 is 1.18 bits per heavy atom. The second-order valence-electron chi connectivity index (χ2n) is 5.46. The first kappa shape index (κ1) is 14.6. The van der Waals surface area contributed by atoms with E-state index >= 15 is 0 Å². The molecule has 2 fully saturated rings. The van der Waals surface area contributed by atoms with Gasteiger partial charge in [-0.3, -0.25) is 14.6 Å². The lowest BCUT2D eigenvalue weighted by Gasteiger charge is -2.35. The van der Waals surface area contributed by atoms with E-state index in [4.69, 9.17) is 0 Å². The van der Waals surface area contributed by atoms with Crippen LogP contribution in [0.3, 0.4) is 0 Å². The molecule has 3 amide bonds. The zero-order valence-electron chi connectivity index (χ0n) is 12.4. The van der Waals surface area contributed by atoms with Crippen molar-refractivity contribution in [1.82, 2.24) is 20.7 Å². The van der Waals surface area contributed by atoms with E-state index in [0.29, 0.717) is 12.1 Å². The van der Waals surface area contributed by atoms with Crippen molar-refractivity contribution in [1.29, 1.82) is 0 Å². The van der Waals surface area contributed by atoms with Gasteiger partial charge in [-0.25, -0.2) is 10.2 Å². The van der Waals surface area contributed by atoms with Crippen LogP contribution >= 0.6 is 0 Å². The maximum absolute atomic E-state index is 12.3. The van der Waals surface area contributed by atoms with Crippen LogP contribution in [0.2, 0.25) is 0 Å². The van der Waals surface area contributed by atoms with Gasteiger partial charge in [-0.15, -0.1) is 0 Å². The Morgan fingerprint density at radius 2 is 1.86 bits per heavy atom. The largest absolute Gasteiger partial charge is 0.369 e. The smallest absolute Gasteiger partial charge is 0.328 e. The number of aliphatic hydroxyl groups is 1. The number of nitrogens with one attached hydrogen (secondary N) is 2. The average Bonchev–Trinajstić information content (AvgIpc) is 3.02. The Bertz CT molecular complexity index is 643. The standard InChI is InChI=1S/C15H18N4O3/c1-18-13(20)12(14(21)19(2)15(18)22)11-8-10(16-17-11)9-6-4-3-5-7-9/h3-7,10,13,16-17,20H,8H2,1-2H3/b12-11+. The van der Waals surface area contributed by atoms with E-state index in [1.165, 1.54) is 14.1 Å². The molecule has 0 saturated carbocycles. The first-order valence-electron chi connectivity index (χ1n) is 7.03. The molecule has 0 spiro atoms. The van der Waals surface area contributed by atoms with Gasteiger partial charge in [-0.2, -0.15) is 0 Å². The molecule has 3 rings (SSSR count). The van der Waals surface area contributed by atoms with Crippen LogP contribution in [0.25, 0.3) is 0 Å². The number of likely N-dealkylation sites (N-methyl/N-ethyl adjacent to an activating group) is 2. The van der Waals surface area contributed by atoms with Crippen LogP contribution in [0, 0.1) is 0 Å². The number of urea groups is 1. The Labute approximate surface area is 128 Å². The second-order valence-corrected chi connectivity index (χ2v) is 5.46. The van der Waals surface area contributed by atoms with Crippen LogP contribution in [-0.2, 0) is 4.79 Å². The normalized spacial score (nSPS) is 29.0. The van der Waals surface area contributed by atoms with Crippen LogP contribution in [0.15, 0.2) is 41.6 Å². The van der Waals surface area contributed by atoms with Crippen molar-refractivity contribution in [3.05, 3.63) is 47.2 Å². The van der Waals surface area contributed by atoms with Gasteiger partial charge < -0.3 is 10.5 Å². The Balaban J connectivity index is 1.90. The van der Waals surface area contributed by atoms with Gasteiger partial charge in [0.15, 0.2) is 6.23 Å². The zero-order chi connectivity index (χ0) is 15.9. The highest BCUT2D eigenvalue weighted by molar-refractivity contribution is 6.07. The summed E-state index contributed by atoms with van der Waals surface area (Å²) in [5, 5.41) is 10.2. The van der Waals surface area contributed by atoms with Crippen molar-refractivity contribution < 1.29 is 14.7 Å². The third-order valence-electron chi connectivity index (χ3n) is 4.08. The van der Waals surface area contributed by atoms with Gasteiger partial charge in [0, 0.05) is 26.2 Å². The molecule has 7 nitrogen and oxygen atoms in total. The molecule has 2 unspecified atom stereocenters. The molecule has 2 heterocycles. The first-order chi connectivity index (χ1) is 10.5. The maximum Gasteiger partial charge on any atom is 0.328 e. The van der Waals surface area contributed by atoms with E-state index < -0.39 is 18.2 Å². The van der Waals surface area contributed by atoms with E-state index in [9.17, 15) is 14.7 Å². The molecule has 2 saturated heterocycles. The summed E-state index contributed by atoms with van der Waals surface area (Å²) < 4.78 is 0. The summed E-state index contributed by atoms with van der Waals surface area (Å²) in [6, 6.07) is 9.31. The summed E-state index contributed by atoms with van der Waals surface area (Å²) in [5.41, 5.74) is 7.98. The number of carbonyl (C=O) groups excluding carboxylic acids is 2. The summed E-state index contributed by atoms with van der Waals surface area (Å²) in [6.45, 7) is 0. The van der Waals surface area contributed by atoms with Crippen molar-refractivity contribution in [3.8, 4) is 0 Å². The number of hydrogen-bond acceptors (Lipinski definition) is 5. The minimum Gasteiger partial charge on any atom is -0.369 e. The zero-order valence-corrected chi connectivity index (χ0v) is 12.4. The second kappa shape index (κ2) is 5.43. The fourth-order valence-corrected chi connectivity index (χ4v) is 2.74. The fourth-order valence-electron chi connectivity index (χ4n) is 2.74. The van der Waals surface area contributed by atoms with Crippen LogP contribution in [0.1, 0.15) is 18.0 Å². The van der Waals surface area contributed by atoms with E-state index in [0.717, 1.165) is 15.4 Å². The number of amides is 3. The molecule has 2 aliphatic rings. The Kier molecular flexibility index (Phi) is 3.59. The molecule has 2 atom stereocenters. The molecule has 1 aromatic rings. The predicted molar refractivity (Wildman–Crippen MR) is 79.0 cm³/mol. The lowest BCUT2D eigenvalue weighted by atomic mass is 10.00. The lowest BCUT2D eigenvalue weighted by Crippen LogP contribution is -2.56. The molecule has 3 N–H and O–H groups in total. The molecular formula is C15H18N4O3. The highest BCUT2D eigenvalue weighted by Gasteiger charge is 2.41. The highest BCUT2D eigenvalue weighted by atomic mass is 16.3. The van der Waals surface area contributed by atoms with Crippen molar-refractivity contribution in [2.45, 2.75) is 18.7 Å². The van der Waals surface area contributed by atoms with Crippen molar-refractivity contribution >= 4 is 11.9 Å². The first-order valence-corrected chi connectivity index (χ1v) is 7.03. The minimum absolute atomic E-state index is 0.0111. The maximum atomic E-state index is 12.3. The molecule has 0 radical (unpaired) electrons.